The summed E-state index contributed by atoms with van der Waals surface area (Å²) in [7, 11) is 0. The number of amides is 2. The molecule has 25 heavy (non-hydrogen) atoms. The summed E-state index contributed by atoms with van der Waals surface area (Å²) >= 11 is 0. The zero-order valence-corrected chi connectivity index (χ0v) is 15.0. The molecule has 0 bridgehead atoms. The van der Waals surface area contributed by atoms with Crippen LogP contribution in [0.25, 0.3) is 0 Å². The van der Waals surface area contributed by atoms with E-state index in [9.17, 15) is 14.4 Å². The predicted molar refractivity (Wildman–Crippen MR) is 93.2 cm³/mol. The highest BCUT2D eigenvalue weighted by Crippen LogP contribution is 2.22. The maximum atomic E-state index is 12.7. The van der Waals surface area contributed by atoms with E-state index in [-0.39, 0.29) is 29.8 Å². The van der Waals surface area contributed by atoms with E-state index >= 15 is 0 Å². The zero-order valence-electron chi connectivity index (χ0n) is 15.0. The van der Waals surface area contributed by atoms with Crippen LogP contribution in [0, 0.1) is 6.92 Å². The van der Waals surface area contributed by atoms with Gasteiger partial charge in [-0.3, -0.25) is 14.4 Å². The molecular weight excluding hydrogens is 320 g/mol. The third kappa shape index (κ3) is 3.75. The topological polar surface area (TPSA) is 86.4 Å². The van der Waals surface area contributed by atoms with Crippen LogP contribution in [0.2, 0.25) is 0 Å². The predicted octanol–water partition coefficient (Wildman–Crippen LogP) is 0.797. The van der Waals surface area contributed by atoms with Gasteiger partial charge in [-0.25, -0.2) is 4.98 Å². The molecule has 1 aromatic rings. The van der Waals surface area contributed by atoms with Gasteiger partial charge in [0.25, 0.3) is 5.56 Å². The number of piperidine rings is 1. The first-order valence-corrected chi connectivity index (χ1v) is 9.15. The first-order chi connectivity index (χ1) is 12.0. The molecule has 2 amide bonds. The SMILES string of the molecule is CCc1nc(C)c(CC(=O)N2CCC[C@H](N3CCCC3=O)C2)c(=O)[nH]1. The molecular formula is C18H26N4O3. The molecule has 0 aromatic carbocycles. The molecule has 2 saturated heterocycles. The Morgan fingerprint density at radius 2 is 2.08 bits per heavy atom. The van der Waals surface area contributed by atoms with Crippen molar-refractivity contribution >= 4 is 11.8 Å². The highest BCUT2D eigenvalue weighted by atomic mass is 16.2. The first-order valence-electron chi connectivity index (χ1n) is 9.15. The van der Waals surface area contributed by atoms with Gasteiger partial charge in [-0.1, -0.05) is 6.92 Å². The lowest BCUT2D eigenvalue weighted by molar-refractivity contribution is -0.137. The standard InChI is InChI=1S/C18H26N4O3/c1-3-15-19-12(2)14(18(25)20-15)10-17(24)21-8-4-6-13(11-21)22-9-5-7-16(22)23/h13H,3-11H2,1-2H3,(H,19,20,25)/t13-/m0/s1. The van der Waals surface area contributed by atoms with Crippen molar-refractivity contribution < 1.29 is 9.59 Å². The Labute approximate surface area is 147 Å². The van der Waals surface area contributed by atoms with Crippen molar-refractivity contribution in [2.45, 2.75) is 58.4 Å². The molecule has 136 valence electrons. The highest BCUT2D eigenvalue weighted by molar-refractivity contribution is 5.80. The number of nitrogens with one attached hydrogen (secondary N) is 1. The van der Waals surface area contributed by atoms with Crippen LogP contribution < -0.4 is 5.56 Å². The number of aromatic nitrogens is 2. The number of H-pyrrole nitrogens is 1. The molecule has 1 atom stereocenters. The van der Waals surface area contributed by atoms with Crippen LogP contribution in [0.5, 0.6) is 0 Å². The average Bonchev–Trinajstić information content (AvgIpc) is 3.03. The lowest BCUT2D eigenvalue weighted by atomic mass is 10.0. The molecule has 0 saturated carbocycles. The molecule has 3 heterocycles. The molecule has 0 aliphatic carbocycles. The first kappa shape index (κ1) is 17.6. The van der Waals surface area contributed by atoms with Gasteiger partial charge in [0.15, 0.2) is 0 Å². The molecule has 0 radical (unpaired) electrons. The Balaban J connectivity index is 1.69. The van der Waals surface area contributed by atoms with Gasteiger partial charge in [-0.2, -0.15) is 0 Å². The van der Waals surface area contributed by atoms with Crippen LogP contribution in [0.4, 0.5) is 0 Å². The highest BCUT2D eigenvalue weighted by Gasteiger charge is 2.33. The second-order valence-corrected chi connectivity index (χ2v) is 6.93. The maximum absolute atomic E-state index is 12.7. The van der Waals surface area contributed by atoms with E-state index in [0.717, 1.165) is 25.8 Å². The third-order valence-electron chi connectivity index (χ3n) is 5.23. The summed E-state index contributed by atoms with van der Waals surface area (Å²) in [5, 5.41) is 0. The fourth-order valence-electron chi connectivity index (χ4n) is 3.80. The largest absolute Gasteiger partial charge is 0.340 e. The second kappa shape index (κ2) is 7.37. The smallest absolute Gasteiger partial charge is 0.254 e. The van der Waals surface area contributed by atoms with Gasteiger partial charge in [-0.05, 0) is 26.2 Å². The summed E-state index contributed by atoms with van der Waals surface area (Å²) in [4.78, 5) is 47.7. The van der Waals surface area contributed by atoms with Gasteiger partial charge in [-0.15, -0.1) is 0 Å². The number of hydrogen-bond acceptors (Lipinski definition) is 4. The number of likely N-dealkylation sites (tertiary alicyclic amines) is 2. The molecule has 2 aliphatic rings. The van der Waals surface area contributed by atoms with Crippen LogP contribution in [0.3, 0.4) is 0 Å². The van der Waals surface area contributed by atoms with E-state index in [4.69, 9.17) is 0 Å². The van der Waals surface area contributed by atoms with Gasteiger partial charge in [0.05, 0.1) is 6.42 Å². The summed E-state index contributed by atoms with van der Waals surface area (Å²) in [6, 6.07) is 0.118. The second-order valence-electron chi connectivity index (χ2n) is 6.93. The molecule has 2 aliphatic heterocycles. The molecule has 0 spiro atoms. The van der Waals surface area contributed by atoms with E-state index in [1.165, 1.54) is 0 Å². The van der Waals surface area contributed by atoms with Gasteiger partial charge in [0.2, 0.25) is 11.8 Å². The maximum Gasteiger partial charge on any atom is 0.254 e. The number of carbonyl (C=O) groups is 2. The molecule has 7 nitrogen and oxygen atoms in total. The molecule has 3 rings (SSSR count). The fourth-order valence-corrected chi connectivity index (χ4v) is 3.80. The minimum Gasteiger partial charge on any atom is -0.340 e. The minimum absolute atomic E-state index is 0.0593. The summed E-state index contributed by atoms with van der Waals surface area (Å²) in [5.41, 5.74) is 0.847. The molecule has 2 fully saturated rings. The van der Waals surface area contributed by atoms with Crippen molar-refractivity contribution in [2.75, 3.05) is 19.6 Å². The van der Waals surface area contributed by atoms with Crippen molar-refractivity contribution in [3.8, 4) is 0 Å². The van der Waals surface area contributed by atoms with Crippen LogP contribution >= 0.6 is 0 Å². The number of aromatic amines is 1. The Kier molecular flexibility index (Phi) is 5.20. The number of rotatable bonds is 4. The number of hydrogen-bond donors (Lipinski definition) is 1. The van der Waals surface area contributed by atoms with Crippen molar-refractivity contribution in [3.05, 3.63) is 27.4 Å². The Bertz CT molecular complexity index is 728. The van der Waals surface area contributed by atoms with E-state index in [1.54, 1.807) is 11.8 Å². The molecule has 1 aromatic heterocycles. The van der Waals surface area contributed by atoms with Crippen LogP contribution in [-0.2, 0) is 22.4 Å². The Hall–Kier alpha value is -2.18. The van der Waals surface area contributed by atoms with Crippen molar-refractivity contribution in [1.82, 2.24) is 19.8 Å². The zero-order chi connectivity index (χ0) is 18.0. The van der Waals surface area contributed by atoms with Crippen molar-refractivity contribution in [1.29, 1.82) is 0 Å². The van der Waals surface area contributed by atoms with Crippen molar-refractivity contribution in [3.63, 3.8) is 0 Å². The summed E-state index contributed by atoms with van der Waals surface area (Å²) in [6.45, 7) is 5.76. The normalized spacial score (nSPS) is 21.0. The monoisotopic (exact) mass is 346 g/mol. The summed E-state index contributed by atoms with van der Waals surface area (Å²) in [6.07, 6.45) is 4.09. The molecule has 0 unspecified atom stereocenters. The van der Waals surface area contributed by atoms with E-state index in [0.29, 0.717) is 43.0 Å². The van der Waals surface area contributed by atoms with Crippen LogP contribution in [0.1, 0.15) is 49.7 Å². The lowest BCUT2D eigenvalue weighted by Crippen LogP contribution is -2.50. The number of carbonyl (C=O) groups excluding carboxylic acids is 2. The number of nitrogens with zero attached hydrogens (tertiary/aromatic N) is 3. The summed E-state index contributed by atoms with van der Waals surface area (Å²) < 4.78 is 0. The quantitative estimate of drug-likeness (QED) is 0.873. The Morgan fingerprint density at radius 1 is 1.28 bits per heavy atom. The Morgan fingerprint density at radius 3 is 2.72 bits per heavy atom. The van der Waals surface area contributed by atoms with E-state index < -0.39 is 0 Å². The fraction of sp³-hybridized carbons (Fsp3) is 0.667. The van der Waals surface area contributed by atoms with Gasteiger partial charge < -0.3 is 14.8 Å². The lowest BCUT2D eigenvalue weighted by Gasteiger charge is -2.37. The minimum atomic E-state index is -0.221. The third-order valence-corrected chi connectivity index (χ3v) is 5.23. The number of aryl methyl sites for hydroxylation is 2. The summed E-state index contributed by atoms with van der Waals surface area (Å²) in [5.74, 6) is 0.784. The van der Waals surface area contributed by atoms with Gasteiger partial charge in [0, 0.05) is 49.8 Å². The van der Waals surface area contributed by atoms with Crippen LogP contribution in [0.15, 0.2) is 4.79 Å². The van der Waals surface area contributed by atoms with Crippen LogP contribution in [-0.4, -0.2) is 57.3 Å². The van der Waals surface area contributed by atoms with Crippen molar-refractivity contribution in [2.24, 2.45) is 0 Å². The van der Waals surface area contributed by atoms with Gasteiger partial charge >= 0.3 is 0 Å². The van der Waals surface area contributed by atoms with E-state index in [1.807, 2.05) is 11.8 Å². The average molecular weight is 346 g/mol. The van der Waals surface area contributed by atoms with Gasteiger partial charge in [0.1, 0.15) is 5.82 Å². The molecule has 1 N–H and O–H groups in total. The van der Waals surface area contributed by atoms with E-state index in [2.05, 4.69) is 9.97 Å². The molecule has 7 heteroatoms.